The van der Waals surface area contributed by atoms with Gasteiger partial charge in [-0.2, -0.15) is 0 Å². The van der Waals surface area contributed by atoms with Gasteiger partial charge in [-0.3, -0.25) is 4.52 Å². The second-order valence-electron chi connectivity index (χ2n) is 5.28. The maximum absolute atomic E-state index is 13.5. The van der Waals surface area contributed by atoms with E-state index < -0.39 is 44.1 Å². The lowest BCUT2D eigenvalue weighted by molar-refractivity contribution is -0.165. The van der Waals surface area contributed by atoms with Crippen LogP contribution in [-0.2, 0) is 19.5 Å². The molecule has 0 aliphatic heterocycles. The number of alkyl halides is 2. The Labute approximate surface area is 125 Å². The van der Waals surface area contributed by atoms with Gasteiger partial charge in [0.1, 0.15) is 0 Å². The lowest BCUT2D eigenvalue weighted by Gasteiger charge is -2.35. The molecule has 2 atom stereocenters. The van der Waals surface area contributed by atoms with E-state index in [1.54, 1.807) is 6.07 Å². The number of carbonyl (C=O) groups is 1. The number of benzene rings is 1. The molecule has 3 N–H and O–H groups in total. The summed E-state index contributed by atoms with van der Waals surface area (Å²) >= 11 is 0. The Bertz CT molecular complexity index is 602. The predicted molar refractivity (Wildman–Crippen MR) is 71.2 cm³/mol. The van der Waals surface area contributed by atoms with E-state index >= 15 is 0 Å². The van der Waals surface area contributed by atoms with Gasteiger partial charge in [0.2, 0.25) is 11.5 Å². The first-order valence-corrected chi connectivity index (χ1v) is 8.03. The molecule has 1 fully saturated rings. The molecule has 0 bridgehead atoms. The Hall–Kier alpha value is -1.34. The van der Waals surface area contributed by atoms with E-state index in [1.165, 1.54) is 24.3 Å². The molecule has 0 heterocycles. The minimum atomic E-state index is -5.23. The van der Waals surface area contributed by atoms with E-state index in [1.807, 2.05) is 0 Å². The van der Waals surface area contributed by atoms with Gasteiger partial charge in [-0.1, -0.05) is 30.3 Å². The summed E-state index contributed by atoms with van der Waals surface area (Å²) in [5.74, 6) is -6.04. The quantitative estimate of drug-likeness (QED) is 0.714. The highest BCUT2D eigenvalue weighted by atomic mass is 31.2. The number of aliphatic carboxylic acids is 1. The topological polar surface area (TPSA) is 104 Å². The normalized spacial score (nSPS) is 23.9. The van der Waals surface area contributed by atoms with Crippen LogP contribution in [0.2, 0.25) is 0 Å². The standard InChI is InChI=1S/C13H15F2O6P/c14-12(15)7-6-10(8-12)13(11(16)17,21-22(18,19)20)9-4-2-1-3-5-9/h1-5,10H,6-8H2,(H,16,17)(H2,18,19,20)/t10-,13+/m1/s1. The van der Waals surface area contributed by atoms with E-state index in [0.717, 1.165) is 0 Å². The van der Waals surface area contributed by atoms with E-state index in [2.05, 4.69) is 4.52 Å². The first-order valence-electron chi connectivity index (χ1n) is 6.50. The summed E-state index contributed by atoms with van der Waals surface area (Å²) in [7, 11) is -5.23. The van der Waals surface area contributed by atoms with Crippen LogP contribution >= 0.6 is 7.82 Å². The molecule has 1 saturated carbocycles. The zero-order valence-electron chi connectivity index (χ0n) is 11.4. The van der Waals surface area contributed by atoms with Crippen LogP contribution in [0.1, 0.15) is 24.8 Å². The van der Waals surface area contributed by atoms with Crippen molar-refractivity contribution in [2.24, 2.45) is 5.92 Å². The number of phosphoric ester groups is 1. The van der Waals surface area contributed by atoms with Gasteiger partial charge in [0.15, 0.2) is 0 Å². The number of carboxylic acids is 1. The molecule has 0 amide bonds. The van der Waals surface area contributed by atoms with Crippen LogP contribution in [0.25, 0.3) is 0 Å². The highest BCUT2D eigenvalue weighted by Gasteiger charge is 2.58. The van der Waals surface area contributed by atoms with Crippen LogP contribution in [0, 0.1) is 5.92 Å². The van der Waals surface area contributed by atoms with Crippen molar-refractivity contribution in [3.8, 4) is 0 Å². The van der Waals surface area contributed by atoms with Crippen molar-refractivity contribution < 1.29 is 37.6 Å². The molecule has 2 rings (SSSR count). The van der Waals surface area contributed by atoms with Crippen molar-refractivity contribution in [3.05, 3.63) is 35.9 Å². The lowest BCUT2D eigenvalue weighted by atomic mass is 9.80. The number of hydrogen-bond donors (Lipinski definition) is 3. The summed E-state index contributed by atoms with van der Waals surface area (Å²) in [5.41, 5.74) is -2.59. The van der Waals surface area contributed by atoms with Crippen LogP contribution in [0.15, 0.2) is 30.3 Å². The van der Waals surface area contributed by atoms with Gasteiger partial charge >= 0.3 is 13.8 Å². The van der Waals surface area contributed by atoms with Crippen molar-refractivity contribution in [3.63, 3.8) is 0 Å². The first kappa shape index (κ1) is 17.0. The van der Waals surface area contributed by atoms with Crippen molar-refractivity contribution in [1.29, 1.82) is 0 Å². The maximum Gasteiger partial charge on any atom is 0.471 e. The monoisotopic (exact) mass is 336 g/mol. The number of carboxylic acid groups (broad SMARTS) is 1. The number of phosphoric acid groups is 1. The molecule has 0 saturated heterocycles. The van der Waals surface area contributed by atoms with Crippen LogP contribution in [0.4, 0.5) is 8.78 Å². The van der Waals surface area contributed by atoms with Gasteiger partial charge < -0.3 is 14.9 Å². The van der Waals surface area contributed by atoms with Gasteiger partial charge in [0.05, 0.1) is 0 Å². The summed E-state index contributed by atoms with van der Waals surface area (Å²) in [5, 5.41) is 9.56. The van der Waals surface area contributed by atoms with Crippen LogP contribution in [0.5, 0.6) is 0 Å². The van der Waals surface area contributed by atoms with Crippen LogP contribution < -0.4 is 0 Å². The summed E-state index contributed by atoms with van der Waals surface area (Å²) in [6, 6.07) is 7.05. The molecular weight excluding hydrogens is 321 g/mol. The SMILES string of the molecule is O=C(O)[C@](OP(=O)(O)O)(c1ccccc1)[C@@H]1CCC(F)(F)C1. The molecule has 6 nitrogen and oxygen atoms in total. The van der Waals surface area contributed by atoms with E-state index in [4.69, 9.17) is 9.79 Å². The van der Waals surface area contributed by atoms with Gasteiger partial charge in [-0.15, -0.1) is 0 Å². The van der Waals surface area contributed by atoms with Gasteiger partial charge in [0.25, 0.3) is 0 Å². The van der Waals surface area contributed by atoms with Crippen molar-refractivity contribution in [2.45, 2.75) is 30.8 Å². The molecule has 0 unspecified atom stereocenters. The fourth-order valence-electron chi connectivity index (χ4n) is 2.87. The summed E-state index contributed by atoms with van der Waals surface area (Å²) < 4.78 is 42.8. The highest BCUT2D eigenvalue weighted by Crippen LogP contribution is 2.55. The third-order valence-corrected chi connectivity index (χ3v) is 4.29. The second-order valence-corrected chi connectivity index (χ2v) is 6.45. The Balaban J connectivity index is 2.56. The number of halogens is 2. The largest absolute Gasteiger partial charge is 0.479 e. The molecule has 0 spiro atoms. The Morgan fingerprint density at radius 2 is 1.91 bits per heavy atom. The van der Waals surface area contributed by atoms with E-state index in [-0.39, 0.29) is 12.0 Å². The molecule has 0 radical (unpaired) electrons. The number of hydrogen-bond acceptors (Lipinski definition) is 3. The predicted octanol–water partition coefficient (Wildman–Crippen LogP) is 2.51. The molecule has 1 aromatic rings. The van der Waals surface area contributed by atoms with Gasteiger partial charge in [-0.05, 0) is 12.0 Å². The molecule has 1 aliphatic carbocycles. The molecule has 1 aliphatic rings. The van der Waals surface area contributed by atoms with Crippen molar-refractivity contribution in [2.75, 3.05) is 0 Å². The third-order valence-electron chi connectivity index (χ3n) is 3.76. The van der Waals surface area contributed by atoms with E-state index in [9.17, 15) is 23.2 Å². The van der Waals surface area contributed by atoms with Crippen molar-refractivity contribution in [1.82, 2.24) is 0 Å². The van der Waals surface area contributed by atoms with Crippen LogP contribution in [0.3, 0.4) is 0 Å². The van der Waals surface area contributed by atoms with Gasteiger partial charge in [0, 0.05) is 18.8 Å². The smallest absolute Gasteiger partial charge is 0.471 e. The zero-order chi connectivity index (χ0) is 16.6. The van der Waals surface area contributed by atoms with Crippen LogP contribution in [-0.4, -0.2) is 26.8 Å². The lowest BCUT2D eigenvalue weighted by Crippen LogP contribution is -2.44. The Kier molecular flexibility index (Phi) is 4.41. The fraction of sp³-hybridized carbons (Fsp3) is 0.462. The fourth-order valence-corrected chi connectivity index (χ4v) is 3.58. The molecule has 9 heteroatoms. The minimum absolute atomic E-state index is 0.0754. The maximum atomic E-state index is 13.5. The highest BCUT2D eigenvalue weighted by molar-refractivity contribution is 7.46. The third kappa shape index (κ3) is 3.35. The summed E-state index contributed by atoms with van der Waals surface area (Å²) in [6.07, 6.45) is -1.58. The molecule has 1 aromatic carbocycles. The molecule has 22 heavy (non-hydrogen) atoms. The van der Waals surface area contributed by atoms with E-state index in [0.29, 0.717) is 0 Å². The second kappa shape index (κ2) is 5.70. The summed E-state index contributed by atoms with van der Waals surface area (Å²) in [4.78, 5) is 30.0. The number of rotatable bonds is 5. The molecular formula is C13H15F2O6P. The average molecular weight is 336 g/mol. The van der Waals surface area contributed by atoms with Crippen molar-refractivity contribution >= 4 is 13.8 Å². The molecule has 122 valence electrons. The summed E-state index contributed by atoms with van der Waals surface area (Å²) in [6.45, 7) is 0. The average Bonchev–Trinajstić information content (AvgIpc) is 2.76. The van der Waals surface area contributed by atoms with Gasteiger partial charge in [-0.25, -0.2) is 18.1 Å². The Morgan fingerprint density at radius 1 is 1.32 bits per heavy atom. The Morgan fingerprint density at radius 3 is 2.32 bits per heavy atom. The first-order chi connectivity index (χ1) is 10.1. The molecule has 0 aromatic heterocycles. The zero-order valence-corrected chi connectivity index (χ0v) is 12.2. The minimum Gasteiger partial charge on any atom is -0.479 e.